The van der Waals surface area contributed by atoms with Crippen LogP contribution in [0.2, 0.25) is 0 Å². The van der Waals surface area contributed by atoms with Crippen molar-refractivity contribution in [2.75, 3.05) is 5.73 Å². The molecule has 0 radical (unpaired) electrons. The molecule has 0 saturated heterocycles. The molecular formula is C13H7BrN4S. The van der Waals surface area contributed by atoms with Gasteiger partial charge in [-0.2, -0.15) is 10.5 Å². The summed E-state index contributed by atoms with van der Waals surface area (Å²) in [6.07, 6.45) is 0. The average molecular weight is 331 g/mol. The Morgan fingerprint density at radius 2 is 1.68 bits per heavy atom. The molecule has 1 aromatic heterocycles. The van der Waals surface area contributed by atoms with E-state index in [1.54, 1.807) is 12.1 Å². The summed E-state index contributed by atoms with van der Waals surface area (Å²) >= 11 is 8.42. The topological polar surface area (TPSA) is 89.4 Å². The summed E-state index contributed by atoms with van der Waals surface area (Å²) in [6, 6.07) is 11.3. The van der Waals surface area contributed by atoms with E-state index in [4.69, 9.17) is 18.0 Å². The number of hydrogen-bond donors (Lipinski definition) is 2. The second-order valence-corrected chi connectivity index (χ2v) is 5.05. The Bertz CT molecular complexity index is 779. The highest BCUT2D eigenvalue weighted by molar-refractivity contribution is 9.10. The molecule has 0 unspecified atom stereocenters. The standard InChI is InChI=1S/C13H7BrN4S/c14-8-3-1-7(2-4-8)11-9(5-15)12(17)18-13(19)10(11)6-16/h1-4H,(H3,17,18,19). The zero-order chi connectivity index (χ0) is 14.0. The van der Waals surface area contributed by atoms with E-state index < -0.39 is 0 Å². The Balaban J connectivity index is 2.89. The molecule has 92 valence electrons. The number of halogens is 1. The van der Waals surface area contributed by atoms with Gasteiger partial charge in [-0.15, -0.1) is 0 Å². The van der Waals surface area contributed by atoms with Gasteiger partial charge in [-0.05, 0) is 17.7 Å². The van der Waals surface area contributed by atoms with Gasteiger partial charge in [0.1, 0.15) is 28.2 Å². The van der Waals surface area contributed by atoms with Crippen LogP contribution in [0.1, 0.15) is 11.1 Å². The number of H-pyrrole nitrogens is 1. The molecule has 0 saturated carbocycles. The fraction of sp³-hybridized carbons (Fsp3) is 0. The molecule has 0 atom stereocenters. The van der Waals surface area contributed by atoms with E-state index in [0.29, 0.717) is 5.56 Å². The second kappa shape index (κ2) is 5.23. The predicted molar refractivity (Wildman–Crippen MR) is 78.6 cm³/mol. The van der Waals surface area contributed by atoms with Gasteiger partial charge >= 0.3 is 0 Å². The zero-order valence-electron chi connectivity index (χ0n) is 9.57. The van der Waals surface area contributed by atoms with Gasteiger partial charge in [-0.3, -0.25) is 0 Å². The number of nitriles is 2. The smallest absolute Gasteiger partial charge is 0.123 e. The van der Waals surface area contributed by atoms with Crippen molar-refractivity contribution < 1.29 is 0 Å². The van der Waals surface area contributed by atoms with E-state index in [1.807, 2.05) is 24.3 Å². The first kappa shape index (κ1) is 13.3. The van der Waals surface area contributed by atoms with E-state index in [9.17, 15) is 10.5 Å². The molecule has 0 bridgehead atoms. The van der Waals surface area contributed by atoms with Crippen LogP contribution in [0.25, 0.3) is 11.1 Å². The van der Waals surface area contributed by atoms with Gasteiger partial charge in [0.25, 0.3) is 0 Å². The molecule has 0 spiro atoms. The number of rotatable bonds is 1. The molecule has 0 aliphatic rings. The molecule has 1 aromatic carbocycles. The largest absolute Gasteiger partial charge is 0.384 e. The van der Waals surface area contributed by atoms with Crippen molar-refractivity contribution in [1.29, 1.82) is 10.5 Å². The third-order valence-electron chi connectivity index (χ3n) is 2.60. The van der Waals surface area contributed by atoms with Crippen LogP contribution in [0.3, 0.4) is 0 Å². The predicted octanol–water partition coefficient (Wildman–Crippen LogP) is 3.50. The number of aromatic amines is 1. The Morgan fingerprint density at radius 1 is 1.11 bits per heavy atom. The lowest BCUT2D eigenvalue weighted by molar-refractivity contribution is 1.26. The van der Waals surface area contributed by atoms with Crippen LogP contribution < -0.4 is 5.73 Å². The van der Waals surface area contributed by atoms with Gasteiger partial charge in [0.05, 0.1) is 5.56 Å². The number of nitrogen functional groups attached to an aromatic ring is 1. The van der Waals surface area contributed by atoms with Gasteiger partial charge in [0, 0.05) is 10.0 Å². The van der Waals surface area contributed by atoms with E-state index in [1.165, 1.54) is 0 Å². The Kier molecular flexibility index (Phi) is 3.66. The number of anilines is 1. The summed E-state index contributed by atoms with van der Waals surface area (Å²) in [4.78, 5) is 2.67. The number of nitrogens with two attached hydrogens (primary N) is 1. The molecule has 0 fully saturated rings. The maximum Gasteiger partial charge on any atom is 0.123 e. The van der Waals surface area contributed by atoms with Gasteiger partial charge in [-0.25, -0.2) is 0 Å². The SMILES string of the molecule is N#Cc1c(N)[nH]c(=S)c(C#N)c1-c1ccc(Br)cc1. The highest BCUT2D eigenvalue weighted by Crippen LogP contribution is 2.31. The van der Waals surface area contributed by atoms with Gasteiger partial charge in [0.15, 0.2) is 0 Å². The monoisotopic (exact) mass is 330 g/mol. The summed E-state index contributed by atoms with van der Waals surface area (Å²) in [5, 5.41) is 18.5. The number of pyridine rings is 1. The van der Waals surface area contributed by atoms with Crippen molar-refractivity contribution in [1.82, 2.24) is 4.98 Å². The Labute approximate surface area is 123 Å². The second-order valence-electron chi connectivity index (χ2n) is 3.72. The maximum atomic E-state index is 9.23. The number of nitrogens with one attached hydrogen (secondary N) is 1. The molecule has 0 aliphatic carbocycles. The van der Waals surface area contributed by atoms with E-state index in [-0.39, 0.29) is 21.6 Å². The Morgan fingerprint density at radius 3 is 2.21 bits per heavy atom. The van der Waals surface area contributed by atoms with Crippen molar-refractivity contribution in [2.24, 2.45) is 0 Å². The van der Waals surface area contributed by atoms with E-state index in [2.05, 4.69) is 20.9 Å². The maximum absolute atomic E-state index is 9.23. The molecule has 19 heavy (non-hydrogen) atoms. The van der Waals surface area contributed by atoms with E-state index in [0.717, 1.165) is 10.0 Å². The first-order chi connectivity index (χ1) is 9.08. The lowest BCUT2D eigenvalue weighted by Gasteiger charge is -2.09. The quantitative estimate of drug-likeness (QED) is 0.783. The van der Waals surface area contributed by atoms with E-state index >= 15 is 0 Å². The summed E-state index contributed by atoms with van der Waals surface area (Å²) in [5.74, 6) is 0.171. The van der Waals surface area contributed by atoms with Gasteiger partial charge < -0.3 is 10.7 Å². The summed E-state index contributed by atoms with van der Waals surface area (Å²) in [6.45, 7) is 0. The minimum atomic E-state index is 0.171. The van der Waals surface area contributed by atoms with Crippen LogP contribution in [0, 0.1) is 27.3 Å². The molecule has 2 rings (SSSR count). The van der Waals surface area contributed by atoms with Crippen molar-refractivity contribution >= 4 is 34.0 Å². The lowest BCUT2D eigenvalue weighted by Crippen LogP contribution is -2.01. The lowest BCUT2D eigenvalue weighted by atomic mass is 9.97. The molecule has 4 nitrogen and oxygen atoms in total. The minimum absolute atomic E-state index is 0.171. The van der Waals surface area contributed by atoms with Crippen LogP contribution >= 0.6 is 28.1 Å². The van der Waals surface area contributed by atoms with Crippen molar-refractivity contribution in [3.05, 3.63) is 44.5 Å². The summed E-state index contributed by atoms with van der Waals surface area (Å²) in [7, 11) is 0. The molecule has 2 aromatic rings. The van der Waals surface area contributed by atoms with Gasteiger partial charge in [0.2, 0.25) is 0 Å². The Hall–Kier alpha value is -2.15. The van der Waals surface area contributed by atoms with Crippen molar-refractivity contribution in [3.63, 3.8) is 0 Å². The third-order valence-corrected chi connectivity index (χ3v) is 3.44. The fourth-order valence-electron chi connectivity index (χ4n) is 1.75. The summed E-state index contributed by atoms with van der Waals surface area (Å²) < 4.78 is 1.14. The van der Waals surface area contributed by atoms with Crippen LogP contribution in [0.4, 0.5) is 5.82 Å². The molecular weight excluding hydrogens is 324 g/mol. The van der Waals surface area contributed by atoms with Crippen LogP contribution in [0.5, 0.6) is 0 Å². The third kappa shape index (κ3) is 2.37. The molecule has 0 aliphatic heterocycles. The molecule has 0 amide bonds. The first-order valence-corrected chi connectivity index (χ1v) is 6.40. The van der Waals surface area contributed by atoms with Gasteiger partial charge in [-0.1, -0.05) is 40.3 Å². The number of nitrogens with zero attached hydrogens (tertiary/aromatic N) is 2. The molecule has 3 N–H and O–H groups in total. The number of hydrogen-bond acceptors (Lipinski definition) is 4. The van der Waals surface area contributed by atoms with Crippen LogP contribution in [0.15, 0.2) is 28.7 Å². The van der Waals surface area contributed by atoms with Crippen LogP contribution in [-0.4, -0.2) is 4.98 Å². The van der Waals surface area contributed by atoms with Crippen molar-refractivity contribution in [2.45, 2.75) is 0 Å². The first-order valence-electron chi connectivity index (χ1n) is 5.20. The highest BCUT2D eigenvalue weighted by atomic mass is 79.9. The normalized spacial score (nSPS) is 9.63. The molecule has 1 heterocycles. The average Bonchev–Trinajstić information content (AvgIpc) is 2.39. The number of aromatic nitrogens is 1. The minimum Gasteiger partial charge on any atom is -0.384 e. The van der Waals surface area contributed by atoms with Crippen molar-refractivity contribution in [3.8, 4) is 23.3 Å². The summed E-state index contributed by atoms with van der Waals surface area (Å²) in [5.41, 5.74) is 7.44. The van der Waals surface area contributed by atoms with Crippen LogP contribution in [-0.2, 0) is 0 Å². The fourth-order valence-corrected chi connectivity index (χ4v) is 2.27. The highest BCUT2D eigenvalue weighted by Gasteiger charge is 2.16. The zero-order valence-corrected chi connectivity index (χ0v) is 12.0. The molecule has 6 heteroatoms. The number of benzene rings is 1.